The summed E-state index contributed by atoms with van der Waals surface area (Å²) in [6.07, 6.45) is 1.12. The van der Waals surface area contributed by atoms with Crippen molar-refractivity contribution in [2.24, 2.45) is 0 Å². The van der Waals surface area contributed by atoms with Crippen molar-refractivity contribution >= 4 is 5.69 Å². The Morgan fingerprint density at radius 3 is 3.00 bits per heavy atom. The van der Waals surface area contributed by atoms with Crippen LogP contribution in [0.1, 0.15) is 18.9 Å². The fourth-order valence-corrected chi connectivity index (χ4v) is 2.58. The number of benzene rings is 1. The molecular formula is C14H22N2O. The summed E-state index contributed by atoms with van der Waals surface area (Å²) in [5.74, 6) is 0. The first-order valence-corrected chi connectivity index (χ1v) is 6.39. The molecule has 2 atom stereocenters. The first-order chi connectivity index (χ1) is 8.22. The third-order valence-corrected chi connectivity index (χ3v) is 3.50. The van der Waals surface area contributed by atoms with Crippen LogP contribution in [0.2, 0.25) is 0 Å². The Balaban J connectivity index is 2.30. The van der Waals surface area contributed by atoms with Crippen molar-refractivity contribution < 1.29 is 5.11 Å². The highest BCUT2D eigenvalue weighted by Crippen LogP contribution is 2.23. The zero-order valence-electron chi connectivity index (χ0n) is 10.7. The number of hydrogen-bond donors (Lipinski definition) is 2. The number of rotatable bonds is 2. The van der Waals surface area contributed by atoms with E-state index in [1.165, 1.54) is 11.3 Å². The summed E-state index contributed by atoms with van der Waals surface area (Å²) in [5.41, 5.74) is 2.49. The number of nitrogens with zero attached hydrogens (tertiary/aromatic N) is 1. The smallest absolute Gasteiger partial charge is 0.0648 e. The summed E-state index contributed by atoms with van der Waals surface area (Å²) >= 11 is 0. The Kier molecular flexibility index (Phi) is 4.02. The number of aliphatic hydroxyl groups excluding tert-OH is 1. The average molecular weight is 234 g/mol. The van der Waals surface area contributed by atoms with Crippen LogP contribution in [-0.4, -0.2) is 36.9 Å². The van der Waals surface area contributed by atoms with Gasteiger partial charge in [-0.25, -0.2) is 0 Å². The molecule has 17 heavy (non-hydrogen) atoms. The fraction of sp³-hybridized carbons (Fsp3) is 0.571. The van der Waals surface area contributed by atoms with E-state index < -0.39 is 0 Å². The van der Waals surface area contributed by atoms with Gasteiger partial charge in [-0.2, -0.15) is 0 Å². The van der Waals surface area contributed by atoms with E-state index in [0.29, 0.717) is 6.04 Å². The molecule has 1 fully saturated rings. The maximum absolute atomic E-state index is 9.55. The second kappa shape index (κ2) is 5.52. The summed E-state index contributed by atoms with van der Waals surface area (Å²) in [6.45, 7) is 6.43. The van der Waals surface area contributed by atoms with E-state index in [-0.39, 0.29) is 12.6 Å². The van der Waals surface area contributed by atoms with Gasteiger partial charge < -0.3 is 15.3 Å². The second-order valence-electron chi connectivity index (χ2n) is 4.92. The Morgan fingerprint density at radius 2 is 2.29 bits per heavy atom. The predicted octanol–water partition coefficient (Wildman–Crippen LogP) is 1.54. The van der Waals surface area contributed by atoms with Crippen LogP contribution in [0.4, 0.5) is 5.69 Å². The Bertz CT molecular complexity index is 367. The molecule has 2 rings (SSSR count). The van der Waals surface area contributed by atoms with Crippen LogP contribution in [-0.2, 0) is 0 Å². The van der Waals surface area contributed by atoms with Gasteiger partial charge in [-0.05, 0) is 44.5 Å². The molecule has 0 radical (unpaired) electrons. The molecule has 1 aromatic rings. The van der Waals surface area contributed by atoms with E-state index >= 15 is 0 Å². The minimum Gasteiger partial charge on any atom is -0.394 e. The quantitative estimate of drug-likeness (QED) is 0.815. The van der Waals surface area contributed by atoms with Crippen molar-refractivity contribution in [2.75, 3.05) is 24.6 Å². The Hall–Kier alpha value is -1.06. The van der Waals surface area contributed by atoms with Crippen LogP contribution in [0, 0.1) is 6.92 Å². The maximum Gasteiger partial charge on any atom is 0.0648 e. The third kappa shape index (κ3) is 2.79. The Labute approximate surface area is 103 Å². The van der Waals surface area contributed by atoms with Gasteiger partial charge >= 0.3 is 0 Å². The van der Waals surface area contributed by atoms with Gasteiger partial charge in [-0.1, -0.05) is 12.1 Å². The molecule has 0 bridgehead atoms. The standard InChI is InChI=1S/C14H22N2O/c1-11-4-3-5-13(8-11)16-12(2)6-7-15-9-14(16)10-17/h3-5,8,12,14-15,17H,6-7,9-10H2,1-2H3. The minimum absolute atomic E-state index is 0.175. The zero-order chi connectivity index (χ0) is 12.3. The van der Waals surface area contributed by atoms with E-state index in [1.807, 2.05) is 0 Å². The van der Waals surface area contributed by atoms with Crippen LogP contribution in [0.5, 0.6) is 0 Å². The van der Waals surface area contributed by atoms with Gasteiger partial charge in [0.05, 0.1) is 12.6 Å². The summed E-state index contributed by atoms with van der Waals surface area (Å²) in [7, 11) is 0. The van der Waals surface area contributed by atoms with E-state index in [2.05, 4.69) is 48.3 Å². The molecule has 2 N–H and O–H groups in total. The number of nitrogens with one attached hydrogen (secondary N) is 1. The van der Waals surface area contributed by atoms with Crippen LogP contribution in [0.25, 0.3) is 0 Å². The number of aryl methyl sites for hydroxylation is 1. The number of hydrogen-bond acceptors (Lipinski definition) is 3. The summed E-state index contributed by atoms with van der Waals surface area (Å²) in [6, 6.07) is 9.17. The van der Waals surface area contributed by atoms with E-state index in [0.717, 1.165) is 19.5 Å². The lowest BCUT2D eigenvalue weighted by Gasteiger charge is -2.35. The SMILES string of the molecule is Cc1cccc(N2C(C)CCNCC2CO)c1. The van der Waals surface area contributed by atoms with E-state index in [4.69, 9.17) is 0 Å². The topological polar surface area (TPSA) is 35.5 Å². The van der Waals surface area contributed by atoms with Gasteiger partial charge in [0.25, 0.3) is 0 Å². The molecule has 1 heterocycles. The highest BCUT2D eigenvalue weighted by molar-refractivity contribution is 5.50. The molecule has 94 valence electrons. The molecule has 0 aliphatic carbocycles. The monoisotopic (exact) mass is 234 g/mol. The normalized spacial score (nSPS) is 25.7. The van der Waals surface area contributed by atoms with Gasteiger partial charge in [0.15, 0.2) is 0 Å². The van der Waals surface area contributed by atoms with Gasteiger partial charge in [-0.15, -0.1) is 0 Å². The van der Waals surface area contributed by atoms with Gasteiger partial charge in [0, 0.05) is 18.3 Å². The first-order valence-electron chi connectivity index (χ1n) is 6.39. The van der Waals surface area contributed by atoms with Crippen molar-refractivity contribution in [3.63, 3.8) is 0 Å². The highest BCUT2D eigenvalue weighted by Gasteiger charge is 2.25. The predicted molar refractivity (Wildman–Crippen MR) is 71.5 cm³/mol. The van der Waals surface area contributed by atoms with E-state index in [1.54, 1.807) is 0 Å². The second-order valence-corrected chi connectivity index (χ2v) is 4.92. The van der Waals surface area contributed by atoms with Crippen LogP contribution >= 0.6 is 0 Å². The molecule has 1 aliphatic rings. The number of aliphatic hydroxyl groups is 1. The molecular weight excluding hydrogens is 212 g/mol. The van der Waals surface area contributed by atoms with Crippen molar-refractivity contribution in [3.05, 3.63) is 29.8 Å². The lowest BCUT2D eigenvalue weighted by Crippen LogP contribution is -2.46. The van der Waals surface area contributed by atoms with Gasteiger partial charge in [0.2, 0.25) is 0 Å². The van der Waals surface area contributed by atoms with Crippen LogP contribution in [0.15, 0.2) is 24.3 Å². The maximum atomic E-state index is 9.55. The van der Waals surface area contributed by atoms with Crippen molar-refractivity contribution in [2.45, 2.75) is 32.4 Å². The lowest BCUT2D eigenvalue weighted by atomic mass is 10.1. The third-order valence-electron chi connectivity index (χ3n) is 3.50. The van der Waals surface area contributed by atoms with Crippen LogP contribution < -0.4 is 10.2 Å². The molecule has 3 heteroatoms. The molecule has 2 unspecified atom stereocenters. The van der Waals surface area contributed by atoms with Crippen molar-refractivity contribution in [1.82, 2.24) is 5.32 Å². The fourth-order valence-electron chi connectivity index (χ4n) is 2.58. The molecule has 0 aromatic heterocycles. The zero-order valence-corrected chi connectivity index (χ0v) is 10.7. The molecule has 0 spiro atoms. The molecule has 0 saturated carbocycles. The molecule has 3 nitrogen and oxygen atoms in total. The summed E-state index contributed by atoms with van der Waals surface area (Å²) in [4.78, 5) is 2.35. The Morgan fingerprint density at radius 1 is 1.47 bits per heavy atom. The van der Waals surface area contributed by atoms with Gasteiger partial charge in [-0.3, -0.25) is 0 Å². The summed E-state index contributed by atoms with van der Waals surface area (Å²) in [5, 5.41) is 12.9. The molecule has 1 aromatic carbocycles. The lowest BCUT2D eigenvalue weighted by molar-refractivity contribution is 0.255. The number of anilines is 1. The van der Waals surface area contributed by atoms with Gasteiger partial charge in [0.1, 0.15) is 0 Å². The largest absolute Gasteiger partial charge is 0.394 e. The average Bonchev–Trinajstić information content (AvgIpc) is 2.50. The van der Waals surface area contributed by atoms with Crippen molar-refractivity contribution in [3.8, 4) is 0 Å². The van der Waals surface area contributed by atoms with Crippen molar-refractivity contribution in [1.29, 1.82) is 0 Å². The first kappa shape index (κ1) is 12.4. The van der Waals surface area contributed by atoms with E-state index in [9.17, 15) is 5.11 Å². The minimum atomic E-state index is 0.175. The molecule has 1 saturated heterocycles. The highest BCUT2D eigenvalue weighted by atomic mass is 16.3. The van der Waals surface area contributed by atoms with Crippen LogP contribution in [0.3, 0.4) is 0 Å². The summed E-state index contributed by atoms with van der Waals surface area (Å²) < 4.78 is 0. The molecule has 1 aliphatic heterocycles. The molecule has 0 amide bonds.